The second-order valence-electron chi connectivity index (χ2n) is 9.28. The smallest absolute Gasteiger partial charge is 0.261 e. The lowest BCUT2D eigenvalue weighted by Gasteiger charge is -2.49. The van der Waals surface area contributed by atoms with Gasteiger partial charge in [0.15, 0.2) is 0 Å². The minimum absolute atomic E-state index is 0.0462. The van der Waals surface area contributed by atoms with Crippen molar-refractivity contribution in [1.82, 2.24) is 20.7 Å². The predicted molar refractivity (Wildman–Crippen MR) is 108 cm³/mol. The molecule has 7 nitrogen and oxygen atoms in total. The Morgan fingerprint density at radius 2 is 2.00 bits per heavy atom. The van der Waals surface area contributed by atoms with Crippen molar-refractivity contribution in [1.29, 1.82) is 0 Å². The average Bonchev–Trinajstić information content (AvgIpc) is 3.30. The van der Waals surface area contributed by atoms with Gasteiger partial charge in [-0.3, -0.25) is 10.2 Å². The Morgan fingerprint density at radius 1 is 1.27 bits per heavy atom. The Morgan fingerprint density at radius 3 is 2.63 bits per heavy atom. The number of fused-ring (bicyclic) bond motifs is 3. The molecule has 10 heteroatoms. The minimum Gasteiger partial charge on any atom is -0.387 e. The van der Waals surface area contributed by atoms with Gasteiger partial charge in [0.05, 0.1) is 11.5 Å². The number of aliphatic hydroxyl groups is 1. The molecule has 4 aliphatic rings. The number of carbonyl (C=O) groups is 1. The van der Waals surface area contributed by atoms with E-state index >= 15 is 0 Å². The molecule has 0 aromatic heterocycles. The molecule has 3 saturated heterocycles. The normalized spacial score (nSPS) is 44.4. The highest BCUT2D eigenvalue weighted by atomic mass is 35.5. The highest BCUT2D eigenvalue weighted by Crippen LogP contribution is 2.50. The van der Waals surface area contributed by atoms with E-state index in [4.69, 9.17) is 16.3 Å². The third-order valence-electron chi connectivity index (χ3n) is 7.71. The summed E-state index contributed by atoms with van der Waals surface area (Å²) in [6.07, 6.45) is -0.557. The Labute approximate surface area is 181 Å². The van der Waals surface area contributed by atoms with Gasteiger partial charge in [-0.05, 0) is 43.9 Å². The van der Waals surface area contributed by atoms with Crippen LogP contribution in [-0.4, -0.2) is 96.3 Å². The van der Waals surface area contributed by atoms with Crippen molar-refractivity contribution in [2.75, 3.05) is 33.4 Å². The van der Waals surface area contributed by atoms with Gasteiger partial charge in [0.1, 0.15) is 13.2 Å². The molecule has 3 heterocycles. The second-order valence-corrected chi connectivity index (χ2v) is 9.84. The molecule has 30 heavy (non-hydrogen) atoms. The van der Waals surface area contributed by atoms with Gasteiger partial charge in [-0.1, -0.05) is 0 Å². The molecule has 8 unspecified atom stereocenters. The van der Waals surface area contributed by atoms with Crippen LogP contribution in [0.3, 0.4) is 0 Å². The molecule has 1 amide bonds. The maximum atomic E-state index is 12.9. The minimum atomic E-state index is -2.53. The van der Waals surface area contributed by atoms with E-state index in [0.29, 0.717) is 13.0 Å². The van der Waals surface area contributed by atoms with Gasteiger partial charge in [-0.2, -0.15) is 0 Å². The summed E-state index contributed by atoms with van der Waals surface area (Å²) >= 11 is 6.73. The number of ether oxygens (including phenoxy) is 1. The summed E-state index contributed by atoms with van der Waals surface area (Å²) in [5, 5.41) is 14.8. The van der Waals surface area contributed by atoms with Crippen LogP contribution in [0.15, 0.2) is 0 Å². The largest absolute Gasteiger partial charge is 0.387 e. The SMILES string of the molecule is C[C@H]1C2C(CCN1C(=O)CO)NC1C(OCC(F)F)C(Cl)CC(C3CCN(C)N3)C12. The van der Waals surface area contributed by atoms with Gasteiger partial charge in [0, 0.05) is 44.3 Å². The van der Waals surface area contributed by atoms with Crippen LogP contribution in [0.4, 0.5) is 8.78 Å². The number of hydrogen-bond donors (Lipinski definition) is 3. The molecule has 0 aromatic rings. The van der Waals surface area contributed by atoms with Gasteiger partial charge >= 0.3 is 0 Å². The summed E-state index contributed by atoms with van der Waals surface area (Å²) in [6, 6.07) is 0.268. The number of nitrogens with zero attached hydrogens (tertiary/aromatic N) is 2. The van der Waals surface area contributed by atoms with Crippen LogP contribution in [0.5, 0.6) is 0 Å². The topological polar surface area (TPSA) is 77.1 Å². The van der Waals surface area contributed by atoms with Crippen LogP contribution in [0.1, 0.15) is 26.2 Å². The van der Waals surface area contributed by atoms with Crippen molar-refractivity contribution in [2.24, 2.45) is 17.8 Å². The summed E-state index contributed by atoms with van der Waals surface area (Å²) in [5.41, 5.74) is 3.54. The number of hydrogen-bond acceptors (Lipinski definition) is 6. The first kappa shape index (κ1) is 22.6. The fourth-order valence-corrected chi connectivity index (χ4v) is 7.00. The predicted octanol–water partition coefficient (Wildman–Crippen LogP) is 0.659. The molecule has 3 N–H and O–H groups in total. The lowest BCUT2D eigenvalue weighted by Crippen LogP contribution is -2.58. The summed E-state index contributed by atoms with van der Waals surface area (Å²) in [6.45, 7) is 2.46. The summed E-state index contributed by atoms with van der Waals surface area (Å²) in [7, 11) is 2.02. The number of nitrogens with one attached hydrogen (secondary N) is 2. The van der Waals surface area contributed by atoms with E-state index < -0.39 is 25.7 Å². The quantitative estimate of drug-likeness (QED) is 0.534. The summed E-state index contributed by atoms with van der Waals surface area (Å²) in [5.74, 6) is 0.318. The van der Waals surface area contributed by atoms with Gasteiger partial charge in [0.25, 0.3) is 6.43 Å². The van der Waals surface area contributed by atoms with Gasteiger partial charge in [0.2, 0.25) is 5.91 Å². The van der Waals surface area contributed by atoms with Crippen molar-refractivity contribution in [3.8, 4) is 0 Å². The number of aliphatic hydroxyl groups excluding tert-OH is 1. The fraction of sp³-hybridized carbons (Fsp3) is 0.950. The number of carbonyl (C=O) groups excluding carboxylic acids is 1. The van der Waals surface area contributed by atoms with E-state index in [1.54, 1.807) is 4.90 Å². The second kappa shape index (κ2) is 9.11. The first-order valence-electron chi connectivity index (χ1n) is 11.0. The van der Waals surface area contributed by atoms with Crippen LogP contribution < -0.4 is 10.7 Å². The summed E-state index contributed by atoms with van der Waals surface area (Å²) < 4.78 is 31.4. The first-order valence-corrected chi connectivity index (χ1v) is 11.4. The number of amides is 1. The third-order valence-corrected chi connectivity index (χ3v) is 8.14. The average molecular weight is 451 g/mol. The van der Waals surface area contributed by atoms with Crippen molar-refractivity contribution in [2.45, 2.75) is 68.3 Å². The molecule has 0 bridgehead atoms. The van der Waals surface area contributed by atoms with Gasteiger partial charge in [-0.15, -0.1) is 11.6 Å². The zero-order valence-electron chi connectivity index (χ0n) is 17.5. The van der Waals surface area contributed by atoms with Crippen molar-refractivity contribution in [3.63, 3.8) is 0 Å². The lowest BCUT2D eigenvalue weighted by atomic mass is 9.64. The number of halogens is 3. The van der Waals surface area contributed by atoms with Crippen molar-refractivity contribution >= 4 is 17.5 Å². The van der Waals surface area contributed by atoms with E-state index in [1.165, 1.54) is 0 Å². The first-order chi connectivity index (χ1) is 14.3. The third kappa shape index (κ3) is 4.09. The number of likely N-dealkylation sites (tertiary alicyclic amines) is 1. The van der Waals surface area contributed by atoms with Crippen molar-refractivity contribution in [3.05, 3.63) is 0 Å². The molecular formula is C20H33ClF2N4O3. The summed E-state index contributed by atoms with van der Waals surface area (Å²) in [4.78, 5) is 14.1. The van der Waals surface area contributed by atoms with Gasteiger partial charge in [-0.25, -0.2) is 13.8 Å². The van der Waals surface area contributed by atoms with E-state index in [9.17, 15) is 18.7 Å². The van der Waals surface area contributed by atoms with Crippen molar-refractivity contribution < 1.29 is 23.4 Å². The van der Waals surface area contributed by atoms with Crippen LogP contribution in [0, 0.1) is 17.8 Å². The zero-order chi connectivity index (χ0) is 21.6. The number of piperidine rings is 1. The number of alkyl halides is 3. The number of rotatable bonds is 5. The molecule has 172 valence electrons. The molecule has 0 aromatic carbocycles. The Hall–Kier alpha value is -0.580. The standard InChI is InChI=1S/C20H33ClF2N4O3/c1-10-17-14(4-6-27(10)16(29)8-28)24-19-18(17)11(13-3-5-26(2)25-13)7-12(21)20(19)30-9-15(22)23/h10-15,17-20,24-25,28H,3-9H2,1-2H3/t10-,11?,12?,13?,14?,17?,18?,19?,20?/m0/s1. The monoisotopic (exact) mass is 450 g/mol. The molecule has 4 rings (SSSR count). The lowest BCUT2D eigenvalue weighted by molar-refractivity contribution is -0.140. The highest BCUT2D eigenvalue weighted by Gasteiger charge is 2.59. The zero-order valence-corrected chi connectivity index (χ0v) is 18.3. The van der Waals surface area contributed by atoms with E-state index in [2.05, 4.69) is 15.8 Å². The van der Waals surface area contributed by atoms with E-state index in [1.807, 2.05) is 14.0 Å². The molecular weight excluding hydrogens is 418 g/mol. The highest BCUT2D eigenvalue weighted by molar-refractivity contribution is 6.21. The Bertz CT molecular complexity index is 633. The molecule has 0 spiro atoms. The molecule has 1 aliphatic carbocycles. The van der Waals surface area contributed by atoms with Crippen LogP contribution in [0.2, 0.25) is 0 Å². The molecule has 3 aliphatic heterocycles. The number of hydrazine groups is 1. The Kier molecular flexibility index (Phi) is 6.87. The van der Waals surface area contributed by atoms with Crippen LogP contribution in [-0.2, 0) is 9.53 Å². The van der Waals surface area contributed by atoms with Crippen LogP contribution in [0.25, 0.3) is 0 Å². The maximum Gasteiger partial charge on any atom is 0.261 e. The molecule has 4 fully saturated rings. The van der Waals surface area contributed by atoms with E-state index in [0.717, 1.165) is 19.4 Å². The maximum absolute atomic E-state index is 12.9. The molecule has 1 saturated carbocycles. The van der Waals surface area contributed by atoms with Gasteiger partial charge < -0.3 is 20.1 Å². The molecule has 0 radical (unpaired) electrons. The van der Waals surface area contributed by atoms with Crippen LogP contribution >= 0.6 is 11.6 Å². The molecule has 9 atom stereocenters. The fourth-order valence-electron chi connectivity index (χ4n) is 6.56. The van der Waals surface area contributed by atoms with E-state index in [-0.39, 0.29) is 53.2 Å². The Balaban J connectivity index is 1.62.